The largest absolute Gasteiger partial charge is 0.417 e. The first-order chi connectivity index (χ1) is 14.3. The van der Waals surface area contributed by atoms with Crippen molar-refractivity contribution in [1.82, 2.24) is 25.0 Å². The standard InChI is InChI=1S/C20H18F3N5O2/c1-12-10-25-16(11-24-12)18-26-17(27-30-18)13-6-8-28(9-7-13)19(29)14-4-2-3-5-15(14)20(21,22)23/h2-5,10-11,13H,6-9H2,1H3. The number of hydrogen-bond acceptors (Lipinski definition) is 6. The molecule has 10 heteroatoms. The van der Waals surface area contributed by atoms with Crippen LogP contribution in [0, 0.1) is 6.92 Å². The summed E-state index contributed by atoms with van der Waals surface area (Å²) in [5.41, 5.74) is -0.0132. The maximum absolute atomic E-state index is 13.2. The summed E-state index contributed by atoms with van der Waals surface area (Å²) in [6.07, 6.45) is -0.379. The molecule has 1 aromatic carbocycles. The van der Waals surface area contributed by atoms with Crippen LogP contribution in [0.25, 0.3) is 11.6 Å². The van der Waals surface area contributed by atoms with Gasteiger partial charge < -0.3 is 9.42 Å². The van der Waals surface area contributed by atoms with E-state index < -0.39 is 17.6 Å². The number of carbonyl (C=O) groups excluding carboxylic acids is 1. The van der Waals surface area contributed by atoms with E-state index >= 15 is 0 Å². The smallest absolute Gasteiger partial charge is 0.339 e. The Morgan fingerprint density at radius 3 is 2.53 bits per heavy atom. The SMILES string of the molecule is Cc1cnc(-c2nc(C3CCN(C(=O)c4ccccc4C(F)(F)F)CC3)no2)cn1. The van der Waals surface area contributed by atoms with Crippen LogP contribution in [0.15, 0.2) is 41.2 Å². The van der Waals surface area contributed by atoms with Gasteiger partial charge >= 0.3 is 6.18 Å². The van der Waals surface area contributed by atoms with Gasteiger partial charge in [-0.05, 0) is 31.9 Å². The fourth-order valence-electron chi connectivity index (χ4n) is 3.44. The Kier molecular flexibility index (Phi) is 5.23. The lowest BCUT2D eigenvalue weighted by Gasteiger charge is -2.31. The van der Waals surface area contributed by atoms with E-state index in [1.165, 1.54) is 23.1 Å². The number of nitrogens with zero attached hydrogens (tertiary/aromatic N) is 5. The van der Waals surface area contributed by atoms with Gasteiger partial charge in [0.25, 0.3) is 11.8 Å². The van der Waals surface area contributed by atoms with E-state index in [2.05, 4.69) is 20.1 Å². The van der Waals surface area contributed by atoms with Gasteiger partial charge in [0, 0.05) is 25.2 Å². The Balaban J connectivity index is 1.44. The van der Waals surface area contributed by atoms with E-state index in [-0.39, 0.29) is 17.4 Å². The van der Waals surface area contributed by atoms with E-state index in [4.69, 9.17) is 4.52 Å². The average Bonchev–Trinajstić information content (AvgIpc) is 3.23. The zero-order chi connectivity index (χ0) is 21.3. The minimum atomic E-state index is -4.58. The Bertz CT molecular complexity index is 1040. The van der Waals surface area contributed by atoms with Crippen molar-refractivity contribution in [2.75, 3.05) is 13.1 Å². The normalized spacial score (nSPS) is 15.4. The number of halogens is 3. The van der Waals surface area contributed by atoms with Gasteiger partial charge in [-0.2, -0.15) is 18.2 Å². The predicted octanol–water partition coefficient (Wildman–Crippen LogP) is 3.87. The van der Waals surface area contributed by atoms with Crippen LogP contribution in [0.4, 0.5) is 13.2 Å². The molecule has 1 fully saturated rings. The van der Waals surface area contributed by atoms with Crippen LogP contribution in [0.2, 0.25) is 0 Å². The second-order valence-electron chi connectivity index (χ2n) is 7.11. The minimum Gasteiger partial charge on any atom is -0.339 e. The number of aromatic nitrogens is 4. The lowest BCUT2D eigenvalue weighted by molar-refractivity contribution is -0.138. The third kappa shape index (κ3) is 4.03. The lowest BCUT2D eigenvalue weighted by atomic mass is 9.95. The van der Waals surface area contributed by atoms with Crippen molar-refractivity contribution in [3.05, 3.63) is 59.3 Å². The third-order valence-electron chi connectivity index (χ3n) is 5.05. The molecule has 0 radical (unpaired) electrons. The molecule has 1 saturated heterocycles. The van der Waals surface area contributed by atoms with Crippen molar-refractivity contribution in [2.24, 2.45) is 0 Å². The molecule has 2 aromatic heterocycles. The summed E-state index contributed by atoms with van der Waals surface area (Å²) in [6, 6.07) is 4.85. The molecule has 3 aromatic rings. The highest BCUT2D eigenvalue weighted by molar-refractivity contribution is 5.96. The monoisotopic (exact) mass is 417 g/mol. The van der Waals surface area contributed by atoms with Gasteiger partial charge in [-0.15, -0.1) is 0 Å². The molecule has 0 bridgehead atoms. The summed E-state index contributed by atoms with van der Waals surface area (Å²) < 4.78 is 44.9. The minimum absolute atomic E-state index is 0.0529. The van der Waals surface area contributed by atoms with Crippen molar-refractivity contribution in [3.8, 4) is 11.6 Å². The molecule has 0 N–H and O–H groups in total. The molecule has 1 aliphatic heterocycles. The highest BCUT2D eigenvalue weighted by Gasteiger charge is 2.37. The number of aryl methyl sites for hydroxylation is 1. The van der Waals surface area contributed by atoms with E-state index in [1.54, 1.807) is 12.4 Å². The summed E-state index contributed by atoms with van der Waals surface area (Å²) >= 11 is 0. The van der Waals surface area contributed by atoms with Crippen LogP contribution in [0.3, 0.4) is 0 Å². The molecule has 0 atom stereocenters. The molecular weight excluding hydrogens is 399 g/mol. The fraction of sp³-hybridized carbons (Fsp3) is 0.350. The quantitative estimate of drug-likeness (QED) is 0.643. The van der Waals surface area contributed by atoms with Gasteiger partial charge in [-0.1, -0.05) is 17.3 Å². The van der Waals surface area contributed by atoms with E-state index in [0.29, 0.717) is 37.4 Å². The Morgan fingerprint density at radius 1 is 1.13 bits per heavy atom. The van der Waals surface area contributed by atoms with Crippen LogP contribution in [-0.2, 0) is 6.18 Å². The van der Waals surface area contributed by atoms with Crippen molar-refractivity contribution >= 4 is 5.91 Å². The maximum atomic E-state index is 13.2. The van der Waals surface area contributed by atoms with Crippen LogP contribution < -0.4 is 0 Å². The molecule has 30 heavy (non-hydrogen) atoms. The van der Waals surface area contributed by atoms with E-state index in [0.717, 1.165) is 11.8 Å². The number of amides is 1. The zero-order valence-corrected chi connectivity index (χ0v) is 16.1. The molecular formula is C20H18F3N5O2. The second kappa shape index (κ2) is 7.85. The molecule has 0 aliphatic carbocycles. The number of benzene rings is 1. The molecule has 1 amide bonds. The van der Waals surface area contributed by atoms with Crippen molar-refractivity contribution in [3.63, 3.8) is 0 Å². The van der Waals surface area contributed by atoms with Crippen LogP contribution in [-0.4, -0.2) is 44.0 Å². The lowest BCUT2D eigenvalue weighted by Crippen LogP contribution is -2.39. The number of carbonyl (C=O) groups is 1. The number of likely N-dealkylation sites (tertiary alicyclic amines) is 1. The molecule has 3 heterocycles. The highest BCUT2D eigenvalue weighted by atomic mass is 19.4. The van der Waals surface area contributed by atoms with Crippen LogP contribution in [0.5, 0.6) is 0 Å². The van der Waals surface area contributed by atoms with Crippen LogP contribution in [0.1, 0.15) is 46.2 Å². The first-order valence-corrected chi connectivity index (χ1v) is 9.41. The number of hydrogen-bond donors (Lipinski definition) is 0. The van der Waals surface area contributed by atoms with E-state index in [1.807, 2.05) is 6.92 Å². The molecule has 1 aliphatic rings. The van der Waals surface area contributed by atoms with Crippen molar-refractivity contribution < 1.29 is 22.5 Å². The van der Waals surface area contributed by atoms with Crippen molar-refractivity contribution in [1.29, 1.82) is 0 Å². The fourth-order valence-corrected chi connectivity index (χ4v) is 3.44. The summed E-state index contributed by atoms with van der Waals surface area (Å²) in [7, 11) is 0. The molecule has 7 nitrogen and oxygen atoms in total. The zero-order valence-electron chi connectivity index (χ0n) is 16.1. The van der Waals surface area contributed by atoms with Gasteiger partial charge in [-0.3, -0.25) is 9.78 Å². The Morgan fingerprint density at radius 2 is 1.87 bits per heavy atom. The van der Waals surface area contributed by atoms with Crippen LogP contribution >= 0.6 is 0 Å². The average molecular weight is 417 g/mol. The highest BCUT2D eigenvalue weighted by Crippen LogP contribution is 2.34. The predicted molar refractivity (Wildman–Crippen MR) is 99.4 cm³/mol. The topological polar surface area (TPSA) is 85.0 Å². The summed E-state index contributed by atoms with van der Waals surface area (Å²) in [6.45, 7) is 2.44. The summed E-state index contributed by atoms with van der Waals surface area (Å²) in [5, 5.41) is 4.01. The number of alkyl halides is 3. The summed E-state index contributed by atoms with van der Waals surface area (Å²) in [4.78, 5) is 26.8. The Hall–Kier alpha value is -3.30. The first-order valence-electron chi connectivity index (χ1n) is 9.41. The van der Waals surface area contributed by atoms with Gasteiger partial charge in [0.05, 0.1) is 23.0 Å². The molecule has 0 saturated carbocycles. The van der Waals surface area contributed by atoms with Gasteiger partial charge in [0.1, 0.15) is 5.69 Å². The number of rotatable bonds is 3. The van der Waals surface area contributed by atoms with Gasteiger partial charge in [-0.25, -0.2) is 4.98 Å². The third-order valence-corrected chi connectivity index (χ3v) is 5.05. The summed E-state index contributed by atoms with van der Waals surface area (Å²) in [5.74, 6) is 0.0817. The number of piperidine rings is 1. The molecule has 0 spiro atoms. The molecule has 4 rings (SSSR count). The van der Waals surface area contributed by atoms with E-state index in [9.17, 15) is 18.0 Å². The molecule has 156 valence electrons. The van der Waals surface area contributed by atoms with Crippen molar-refractivity contribution in [2.45, 2.75) is 31.9 Å². The first kappa shape index (κ1) is 20.0. The molecule has 0 unspecified atom stereocenters. The van der Waals surface area contributed by atoms with Gasteiger partial charge in [0.15, 0.2) is 5.82 Å². The maximum Gasteiger partial charge on any atom is 0.417 e. The van der Waals surface area contributed by atoms with Gasteiger partial charge in [0.2, 0.25) is 0 Å². The Labute approximate surface area is 170 Å². The second-order valence-corrected chi connectivity index (χ2v) is 7.11.